The van der Waals surface area contributed by atoms with E-state index in [-0.39, 0.29) is 27.8 Å². The van der Waals surface area contributed by atoms with E-state index in [9.17, 15) is 19.2 Å². The molecule has 7 nitrogen and oxygen atoms in total. The lowest BCUT2D eigenvalue weighted by atomic mass is 10.1. The molecule has 0 spiro atoms. The maximum Gasteiger partial charge on any atom is 0.339 e. The standard InChI is InChI=1S/C24H21ClN2O5S/c1-3-32-23(30)18-13-17(9-10-19(18)25)26-21(28)14-27-22(29)20(33-24(27)31)12-15(2)11-16-7-5-4-6-8-16/h4-13H,3,14H2,1-2H3,(H,26,28)/b15-11+,20-12-. The molecule has 0 bridgehead atoms. The van der Waals surface area contributed by atoms with Crippen molar-refractivity contribution >= 4 is 58.1 Å². The number of nitrogens with zero attached hydrogens (tertiary/aromatic N) is 1. The average molecular weight is 485 g/mol. The molecule has 0 aliphatic carbocycles. The molecule has 33 heavy (non-hydrogen) atoms. The minimum Gasteiger partial charge on any atom is -0.462 e. The second kappa shape index (κ2) is 11.0. The van der Waals surface area contributed by atoms with Crippen LogP contribution in [0.15, 0.2) is 65.1 Å². The van der Waals surface area contributed by atoms with Gasteiger partial charge in [-0.05, 0) is 61.0 Å². The summed E-state index contributed by atoms with van der Waals surface area (Å²) in [5.74, 6) is -1.75. The summed E-state index contributed by atoms with van der Waals surface area (Å²) >= 11 is 6.80. The quantitative estimate of drug-likeness (QED) is 0.432. The van der Waals surface area contributed by atoms with Gasteiger partial charge in [0, 0.05) is 5.69 Å². The molecule has 0 atom stereocenters. The highest BCUT2D eigenvalue weighted by molar-refractivity contribution is 8.18. The van der Waals surface area contributed by atoms with Crippen LogP contribution in [0.25, 0.3) is 6.08 Å². The molecule has 0 radical (unpaired) electrons. The number of esters is 1. The number of imide groups is 1. The number of benzene rings is 2. The van der Waals surface area contributed by atoms with Crippen LogP contribution in [-0.4, -0.2) is 41.1 Å². The Morgan fingerprint density at radius 3 is 2.58 bits per heavy atom. The predicted molar refractivity (Wildman–Crippen MR) is 129 cm³/mol. The van der Waals surface area contributed by atoms with Crippen LogP contribution in [0.4, 0.5) is 10.5 Å². The zero-order valence-corrected chi connectivity index (χ0v) is 19.5. The minimum atomic E-state index is -0.617. The number of amides is 3. The van der Waals surface area contributed by atoms with Gasteiger partial charge in [0.15, 0.2) is 0 Å². The van der Waals surface area contributed by atoms with E-state index in [1.165, 1.54) is 18.2 Å². The van der Waals surface area contributed by atoms with Crippen LogP contribution in [0.5, 0.6) is 0 Å². The number of ether oxygens (including phenoxy) is 1. The lowest BCUT2D eigenvalue weighted by Crippen LogP contribution is -2.36. The minimum absolute atomic E-state index is 0.103. The molecule has 1 heterocycles. The van der Waals surface area contributed by atoms with E-state index in [0.717, 1.165) is 27.8 Å². The third kappa shape index (κ3) is 6.34. The summed E-state index contributed by atoms with van der Waals surface area (Å²) in [6.45, 7) is 3.22. The molecular formula is C24H21ClN2O5S. The van der Waals surface area contributed by atoms with E-state index >= 15 is 0 Å². The second-order valence-corrected chi connectivity index (χ2v) is 8.43. The molecule has 170 valence electrons. The van der Waals surface area contributed by atoms with E-state index in [4.69, 9.17) is 16.3 Å². The first kappa shape index (κ1) is 24.3. The smallest absolute Gasteiger partial charge is 0.339 e. The zero-order chi connectivity index (χ0) is 24.0. The highest BCUT2D eigenvalue weighted by Crippen LogP contribution is 2.31. The first-order chi connectivity index (χ1) is 15.8. The van der Waals surface area contributed by atoms with Crippen LogP contribution in [0.2, 0.25) is 5.02 Å². The molecule has 9 heteroatoms. The lowest BCUT2D eigenvalue weighted by Gasteiger charge is -2.13. The SMILES string of the molecule is CCOC(=O)c1cc(NC(=O)CN2C(=O)S/C(=C\C(C)=C\c3ccccc3)C2=O)ccc1Cl. The number of halogens is 1. The van der Waals surface area contributed by atoms with Gasteiger partial charge in [0.2, 0.25) is 5.91 Å². The molecule has 2 aromatic rings. The van der Waals surface area contributed by atoms with Crippen molar-refractivity contribution < 1.29 is 23.9 Å². The van der Waals surface area contributed by atoms with Gasteiger partial charge in [-0.15, -0.1) is 0 Å². The summed E-state index contributed by atoms with van der Waals surface area (Å²) in [7, 11) is 0. The van der Waals surface area contributed by atoms with Gasteiger partial charge in [-0.3, -0.25) is 19.3 Å². The van der Waals surface area contributed by atoms with E-state index in [0.29, 0.717) is 0 Å². The second-order valence-electron chi connectivity index (χ2n) is 7.03. The van der Waals surface area contributed by atoms with Crippen molar-refractivity contribution in [2.75, 3.05) is 18.5 Å². The van der Waals surface area contributed by atoms with E-state index < -0.39 is 29.6 Å². The van der Waals surface area contributed by atoms with Crippen LogP contribution >= 0.6 is 23.4 Å². The fraction of sp³-hybridized carbons (Fsp3) is 0.167. The van der Waals surface area contributed by atoms with Crippen LogP contribution in [-0.2, 0) is 14.3 Å². The van der Waals surface area contributed by atoms with Crippen molar-refractivity contribution in [2.45, 2.75) is 13.8 Å². The Kier molecular flexibility index (Phi) is 8.08. The van der Waals surface area contributed by atoms with E-state index in [2.05, 4.69) is 5.32 Å². The summed E-state index contributed by atoms with van der Waals surface area (Å²) < 4.78 is 4.94. The van der Waals surface area contributed by atoms with Crippen LogP contribution < -0.4 is 5.32 Å². The van der Waals surface area contributed by atoms with E-state index in [1.807, 2.05) is 43.3 Å². The Morgan fingerprint density at radius 1 is 1.15 bits per heavy atom. The number of nitrogens with one attached hydrogen (secondary N) is 1. The number of carbonyl (C=O) groups is 4. The topological polar surface area (TPSA) is 92.8 Å². The van der Waals surface area contributed by atoms with Crippen molar-refractivity contribution in [3.63, 3.8) is 0 Å². The molecule has 1 saturated heterocycles. The summed E-state index contributed by atoms with van der Waals surface area (Å²) in [5.41, 5.74) is 2.15. The number of hydrogen-bond donors (Lipinski definition) is 1. The predicted octanol–water partition coefficient (Wildman–Crippen LogP) is 5.14. The van der Waals surface area contributed by atoms with Gasteiger partial charge in [0.05, 0.1) is 22.1 Å². The molecule has 1 aliphatic heterocycles. The monoisotopic (exact) mass is 484 g/mol. The number of rotatable bonds is 7. The third-order valence-corrected chi connectivity index (χ3v) is 5.71. The maximum atomic E-state index is 12.7. The number of hydrogen-bond acceptors (Lipinski definition) is 6. The summed E-state index contributed by atoms with van der Waals surface area (Å²) in [4.78, 5) is 50.6. The van der Waals surface area contributed by atoms with E-state index in [1.54, 1.807) is 13.0 Å². The molecule has 1 N–H and O–H groups in total. The Balaban J connectivity index is 1.67. The van der Waals surface area contributed by atoms with Gasteiger partial charge < -0.3 is 10.1 Å². The zero-order valence-electron chi connectivity index (χ0n) is 18.0. The molecule has 3 rings (SSSR count). The van der Waals surface area contributed by atoms with Gasteiger partial charge >= 0.3 is 5.97 Å². The first-order valence-electron chi connectivity index (χ1n) is 10.0. The third-order valence-electron chi connectivity index (χ3n) is 4.47. The molecule has 0 unspecified atom stereocenters. The Morgan fingerprint density at radius 2 is 1.88 bits per heavy atom. The van der Waals surface area contributed by atoms with Crippen molar-refractivity contribution in [1.29, 1.82) is 0 Å². The molecule has 1 aliphatic rings. The molecule has 0 aromatic heterocycles. The summed E-state index contributed by atoms with van der Waals surface area (Å²) in [6.07, 6.45) is 3.52. The molecule has 0 saturated carbocycles. The van der Waals surface area contributed by atoms with Gasteiger partial charge in [0.1, 0.15) is 6.54 Å². The number of anilines is 1. The fourth-order valence-corrected chi connectivity index (χ4v) is 4.09. The van der Waals surface area contributed by atoms with Crippen molar-refractivity contribution in [2.24, 2.45) is 0 Å². The van der Waals surface area contributed by atoms with Gasteiger partial charge in [-0.2, -0.15) is 0 Å². The first-order valence-corrected chi connectivity index (χ1v) is 11.2. The normalized spacial score (nSPS) is 15.2. The average Bonchev–Trinajstić information content (AvgIpc) is 3.03. The van der Waals surface area contributed by atoms with Crippen molar-refractivity contribution in [3.8, 4) is 0 Å². The van der Waals surface area contributed by atoms with Crippen molar-refractivity contribution in [3.05, 3.63) is 81.2 Å². The molecular weight excluding hydrogens is 464 g/mol. The molecule has 2 aromatic carbocycles. The van der Waals surface area contributed by atoms with Gasteiger partial charge in [-0.1, -0.05) is 48.0 Å². The number of allylic oxidation sites excluding steroid dienone is 2. The van der Waals surface area contributed by atoms with Crippen molar-refractivity contribution in [1.82, 2.24) is 4.90 Å². The number of thioether (sulfide) groups is 1. The van der Waals surface area contributed by atoms with Crippen LogP contribution in [0, 0.1) is 0 Å². The van der Waals surface area contributed by atoms with Gasteiger partial charge in [0.25, 0.3) is 11.1 Å². The molecule has 1 fully saturated rings. The highest BCUT2D eigenvalue weighted by atomic mass is 35.5. The Hall–Kier alpha value is -3.36. The molecule has 3 amide bonds. The fourth-order valence-electron chi connectivity index (χ4n) is 3.01. The Bertz CT molecular complexity index is 1160. The lowest BCUT2D eigenvalue weighted by molar-refractivity contribution is -0.127. The summed E-state index contributed by atoms with van der Waals surface area (Å²) in [5, 5.41) is 2.22. The number of carbonyl (C=O) groups excluding carboxylic acids is 4. The van der Waals surface area contributed by atoms with Gasteiger partial charge in [-0.25, -0.2) is 4.79 Å². The van der Waals surface area contributed by atoms with Crippen LogP contribution in [0.3, 0.4) is 0 Å². The largest absolute Gasteiger partial charge is 0.462 e. The Labute approximate surface area is 200 Å². The summed E-state index contributed by atoms with van der Waals surface area (Å²) in [6, 6.07) is 13.9. The highest BCUT2D eigenvalue weighted by Gasteiger charge is 2.36. The van der Waals surface area contributed by atoms with Crippen LogP contribution in [0.1, 0.15) is 29.8 Å². The maximum absolute atomic E-state index is 12.7.